The third kappa shape index (κ3) is 34.5. The lowest BCUT2D eigenvalue weighted by atomic mass is 10.0. The number of hydrogen-bond donors (Lipinski definition) is 8. The van der Waals surface area contributed by atoms with Gasteiger partial charge in [0, 0.05) is 116 Å². The van der Waals surface area contributed by atoms with Gasteiger partial charge in [-0.05, 0) is 93.0 Å². The number of alkyl halides is 9. The van der Waals surface area contributed by atoms with E-state index in [-0.39, 0.29) is 151 Å². The maximum atomic E-state index is 14.0. The highest BCUT2D eigenvalue weighted by Gasteiger charge is 2.46. The summed E-state index contributed by atoms with van der Waals surface area (Å²) in [6, 6.07) is 1.13. The van der Waals surface area contributed by atoms with Gasteiger partial charge in [0.1, 0.15) is 35.8 Å². The molecule has 0 saturated carbocycles. The molecular weight excluding hydrogens is 1970 g/mol. The topological polar surface area (TPSA) is 552 Å². The van der Waals surface area contributed by atoms with Crippen LogP contribution in [0.25, 0.3) is 0 Å². The molecule has 39 nitrogen and oxygen atoms in total. The predicted octanol–water partition coefficient (Wildman–Crippen LogP) is -1.73. The fourth-order valence-corrected chi connectivity index (χ4v) is 15.3. The molecule has 0 spiro atoms. The summed E-state index contributed by atoms with van der Waals surface area (Å²) in [5.41, 5.74) is 9.11. The molecule has 9 heterocycles. The van der Waals surface area contributed by atoms with E-state index in [1.165, 1.54) is 14.7 Å². The Labute approximate surface area is 800 Å². The van der Waals surface area contributed by atoms with E-state index in [4.69, 9.17) is 54.0 Å². The van der Waals surface area contributed by atoms with E-state index in [9.17, 15) is 142 Å². The molecule has 12 rings (SSSR count). The number of carboxylic acid groups (broad SMARTS) is 4. The van der Waals surface area contributed by atoms with Gasteiger partial charge in [0.2, 0.25) is 35.2 Å². The zero-order valence-corrected chi connectivity index (χ0v) is 76.4. The molecule has 6 aliphatic rings. The number of fused-ring (bicyclic) bond motifs is 3. The van der Waals surface area contributed by atoms with Gasteiger partial charge < -0.3 is 129 Å². The summed E-state index contributed by atoms with van der Waals surface area (Å²) < 4.78 is 280. The van der Waals surface area contributed by atoms with Crippen molar-refractivity contribution in [2.45, 2.75) is 177 Å². The van der Waals surface area contributed by atoms with Crippen LogP contribution in [-0.2, 0) is 139 Å². The number of carboxylic acids is 4. The first-order valence-corrected chi connectivity index (χ1v) is 44.5. The zero-order valence-electron chi connectivity index (χ0n) is 76.4. The Kier molecular flexibility index (Phi) is 43.7. The smallest absolute Gasteiger partial charge is 0.449 e. The van der Waals surface area contributed by atoms with Crippen molar-refractivity contribution >= 4 is 59.5 Å². The van der Waals surface area contributed by atoms with Crippen LogP contribution >= 0.6 is 0 Å². The van der Waals surface area contributed by atoms with E-state index in [2.05, 4.69) is 46.9 Å². The largest absolute Gasteiger partial charge is 0.547 e. The number of amides is 3. The average Bonchev–Trinajstić information content (AvgIpc) is 1.62. The first-order chi connectivity index (χ1) is 67.2. The number of ether oxygens (including phenoxy) is 6. The summed E-state index contributed by atoms with van der Waals surface area (Å²) >= 11 is 0. The molecule has 794 valence electrons. The number of benzene rings is 3. The lowest BCUT2D eigenvalue weighted by molar-refractivity contribution is -0.419. The standard InChI is InChI=1S/3C26H31F6N5O4.2C4H6O6/c3*27-18-14-20(29)19(28)12-16(18)11-17(33)13-22(38)36-4-5-37-21(15-36)23(34-25(37)26(30,31)32)24(39)41-8-2-1-3-35-6-9-40-10-7-35;2*5-1(3(7)8)2(6)4(9)10/h3*12,14,17H,1-11,13,15,33H2;2*1-2,5-6H,(H,7,8)(H,9,10)/t3*17-;1-,2-;/m1111./s1. The molecule has 7 atom stereocenters. The Morgan fingerprint density at radius 2 is 0.580 bits per heavy atom. The Bertz CT molecular complexity index is 4840. The van der Waals surface area contributed by atoms with Gasteiger partial charge in [-0.25, -0.2) is 73.6 Å². The van der Waals surface area contributed by atoms with Crippen molar-refractivity contribution in [3.05, 3.63) is 157 Å². The van der Waals surface area contributed by atoms with Crippen LogP contribution in [0.5, 0.6) is 0 Å². The molecule has 2 unspecified atom stereocenters. The number of halogens is 18. The van der Waals surface area contributed by atoms with Crippen molar-refractivity contribution in [2.75, 3.05) is 138 Å². The monoisotopic (exact) mass is 2070 g/mol. The molecule has 6 aliphatic heterocycles. The molecule has 3 saturated heterocycles. The number of imidazole rings is 3. The van der Waals surface area contributed by atoms with Crippen molar-refractivity contribution in [3.63, 3.8) is 0 Å². The molecule has 3 amide bonds. The van der Waals surface area contributed by atoms with Gasteiger partial charge in [-0.1, -0.05) is 0 Å². The lowest BCUT2D eigenvalue weighted by Crippen LogP contribution is -2.63. The first-order valence-electron chi connectivity index (χ1n) is 44.5. The summed E-state index contributed by atoms with van der Waals surface area (Å²) in [6.07, 6.45) is -21.5. The minimum absolute atomic E-state index is 0.00317. The van der Waals surface area contributed by atoms with Crippen LogP contribution < -0.4 is 32.5 Å². The Morgan fingerprint density at radius 1 is 0.350 bits per heavy atom. The van der Waals surface area contributed by atoms with E-state index in [1.807, 2.05) is 0 Å². The highest BCUT2D eigenvalue weighted by molar-refractivity contribution is 5.91. The van der Waals surface area contributed by atoms with Gasteiger partial charge in [-0.2, -0.15) is 39.5 Å². The number of quaternary nitrogens is 3. The molecule has 6 aromatic rings. The van der Waals surface area contributed by atoms with Crippen LogP contribution in [0.4, 0.5) is 79.0 Å². The number of rotatable bonds is 36. The molecule has 0 aliphatic carbocycles. The second-order valence-corrected chi connectivity index (χ2v) is 33.4. The number of aliphatic hydroxyl groups is 4. The van der Waals surface area contributed by atoms with Crippen molar-refractivity contribution in [2.24, 2.45) is 0 Å². The fraction of sp³-hybridized carbons (Fsp3) is 0.570. The molecular formula is C86H105F18N15O24. The summed E-state index contributed by atoms with van der Waals surface area (Å²) in [7, 11) is 0. The minimum atomic E-state index is -4.83. The van der Waals surface area contributed by atoms with Crippen LogP contribution in [0.1, 0.15) is 140 Å². The molecule has 3 fully saturated rings. The number of aliphatic carboxylic acids is 4. The van der Waals surface area contributed by atoms with E-state index >= 15 is 0 Å². The summed E-state index contributed by atoms with van der Waals surface area (Å²) in [6.45, 7) is 9.17. The fourth-order valence-electron chi connectivity index (χ4n) is 15.3. The van der Waals surface area contributed by atoms with Gasteiger partial charge in [0.15, 0.2) is 58.1 Å². The molecule has 143 heavy (non-hydrogen) atoms. The molecule has 0 bridgehead atoms. The number of hydrogen-bond acceptors (Lipinski definition) is 29. The molecule has 3 aromatic carbocycles. The number of unbranched alkanes of at least 4 members (excludes halogenated alkanes) is 3. The van der Waals surface area contributed by atoms with Gasteiger partial charge in [-0.15, -0.1) is 0 Å². The number of carbonyl (C=O) groups is 10. The summed E-state index contributed by atoms with van der Waals surface area (Å²) in [5.74, 6) is -26.9. The number of esters is 3. The SMILES string of the molecule is O=C([O-])C(O)C(O)C(=O)[O-].O=C([O-])[C@H](O)[C@@H](O)C(=O)O.[NH3+][C@@H](CC(=O)N1CCn2c(C(F)(F)F)nc(C(=O)OCCCCN3CCOCC3)c2C1)Cc1cc(F)c(F)cc1F.[NH3+][C@@H](CC(=O)N1CCn2c(C(F)(F)F)nc(C(=O)OCCCCN3CCOCC3)c2C1)Cc1cc(F)c(F)cc1F.[NH3+][C@@H](CC(=O)N1CCn2c(C(F)(F)F)nc(C(=O)OCCCCN3CCOCC3)c2C1)Cc1cc(F)c(F)cc1F. The van der Waals surface area contributed by atoms with Gasteiger partial charge >= 0.3 is 42.4 Å². The number of morpholine rings is 3. The highest BCUT2D eigenvalue weighted by Crippen LogP contribution is 2.37. The first kappa shape index (κ1) is 116. The number of aromatic nitrogens is 6. The molecule has 0 radical (unpaired) electrons. The normalized spacial score (nSPS) is 16.7. The number of aliphatic hydroxyl groups excluding tert-OH is 4. The van der Waals surface area contributed by atoms with Crippen LogP contribution in [0.15, 0.2) is 36.4 Å². The van der Waals surface area contributed by atoms with Crippen LogP contribution in [0, 0.1) is 52.4 Å². The van der Waals surface area contributed by atoms with Crippen LogP contribution in [-0.4, -0.2) is 324 Å². The van der Waals surface area contributed by atoms with Crippen molar-refractivity contribution in [1.29, 1.82) is 0 Å². The minimum Gasteiger partial charge on any atom is -0.547 e. The van der Waals surface area contributed by atoms with Gasteiger partial charge in [0.05, 0.1) is 151 Å². The lowest BCUT2D eigenvalue weighted by Gasteiger charge is -2.30. The highest BCUT2D eigenvalue weighted by atomic mass is 19.4. The average molecular weight is 2070 g/mol. The van der Waals surface area contributed by atoms with Gasteiger partial charge in [-0.3, -0.25) is 29.1 Å². The third-order valence-electron chi connectivity index (χ3n) is 22.8. The quantitative estimate of drug-likeness (QED) is 0.00712. The predicted molar refractivity (Wildman–Crippen MR) is 439 cm³/mol. The van der Waals surface area contributed by atoms with E-state index in [0.717, 1.165) is 91.9 Å². The molecule has 14 N–H and O–H groups in total. The summed E-state index contributed by atoms with van der Waals surface area (Å²) in [4.78, 5) is 137. The molecule has 57 heteroatoms. The second kappa shape index (κ2) is 53.7. The third-order valence-corrected chi connectivity index (χ3v) is 22.8. The van der Waals surface area contributed by atoms with Crippen LogP contribution in [0.3, 0.4) is 0 Å². The Morgan fingerprint density at radius 3 is 0.797 bits per heavy atom. The Balaban J connectivity index is 0.000000238. The van der Waals surface area contributed by atoms with E-state index in [0.29, 0.717) is 95.3 Å². The maximum absolute atomic E-state index is 14.0. The number of nitrogens with zero attached hydrogens (tertiary/aromatic N) is 12. The number of carbonyl (C=O) groups excluding carboxylic acids is 9. The van der Waals surface area contributed by atoms with Crippen molar-refractivity contribution < 1.29 is 213 Å². The van der Waals surface area contributed by atoms with Crippen LogP contribution in [0.2, 0.25) is 0 Å². The second-order valence-electron chi connectivity index (χ2n) is 33.4. The van der Waals surface area contributed by atoms with Crippen molar-refractivity contribution in [3.8, 4) is 0 Å². The van der Waals surface area contributed by atoms with Crippen molar-refractivity contribution in [1.82, 2.24) is 58.1 Å². The maximum Gasteiger partial charge on any atom is 0.449 e. The summed E-state index contributed by atoms with van der Waals surface area (Å²) in [5, 5.41) is 69.9. The van der Waals surface area contributed by atoms with Gasteiger partial charge in [0.25, 0.3) is 0 Å². The Hall–Kier alpha value is -11.8. The van der Waals surface area contributed by atoms with E-state index in [1.54, 1.807) is 0 Å². The zero-order chi connectivity index (χ0) is 106. The molecule has 3 aromatic heterocycles. The van der Waals surface area contributed by atoms with E-state index < -0.39 is 207 Å².